The van der Waals surface area contributed by atoms with E-state index in [1.54, 1.807) is 0 Å². The van der Waals surface area contributed by atoms with Gasteiger partial charge in [-0.3, -0.25) is 4.79 Å². The Morgan fingerprint density at radius 2 is 1.92 bits per heavy atom. The maximum Gasteiger partial charge on any atom is 0.168 e. The number of ketones is 1. The number of hydrogen-bond donors (Lipinski definition) is 1. The van der Waals surface area contributed by atoms with Crippen LogP contribution in [0.4, 0.5) is 0 Å². The van der Waals surface area contributed by atoms with Crippen molar-refractivity contribution >= 4 is 23.1 Å². The largest absolute Gasteiger partial charge is 0.494 e. The summed E-state index contributed by atoms with van der Waals surface area (Å²) in [5, 5.41) is 4.15. The smallest absolute Gasteiger partial charge is 0.168 e. The van der Waals surface area contributed by atoms with Crippen molar-refractivity contribution in [3.63, 3.8) is 0 Å². The molecule has 0 atom stereocenters. The Kier molecular flexibility index (Phi) is 8.32. The molecule has 1 saturated heterocycles. The zero-order chi connectivity index (χ0) is 18.9. The molecule has 0 saturated carbocycles. The molecule has 0 spiro atoms. The Labute approximate surface area is 162 Å². The number of Topliss-reactive ketones (excluding diaryl/α,β-unsaturated/α-hetero) is 1. The second kappa shape index (κ2) is 10.5. The highest BCUT2D eigenvalue weighted by atomic mass is 32.1. The molecule has 1 N–H and O–H groups in total. The lowest BCUT2D eigenvalue weighted by Gasteiger charge is -2.33. The van der Waals surface area contributed by atoms with Crippen LogP contribution in [-0.2, 0) is 0 Å². The minimum atomic E-state index is 0.0840. The van der Waals surface area contributed by atoms with Gasteiger partial charge in [0.25, 0.3) is 0 Å². The fraction of sp³-hybridized carbons (Fsp3) is 0.600. The summed E-state index contributed by atoms with van der Waals surface area (Å²) in [7, 11) is 4.15. The van der Waals surface area contributed by atoms with Crippen LogP contribution in [0.5, 0.6) is 5.75 Å². The summed E-state index contributed by atoms with van der Waals surface area (Å²) in [5.41, 5.74) is 0.774. The molecule has 2 rings (SSSR count). The third kappa shape index (κ3) is 6.25. The van der Waals surface area contributed by atoms with Gasteiger partial charge in [0.2, 0.25) is 0 Å². The lowest BCUT2D eigenvalue weighted by atomic mass is 9.89. The molecular weight excluding hydrogens is 346 g/mol. The van der Waals surface area contributed by atoms with E-state index in [4.69, 9.17) is 17.0 Å². The molecule has 144 valence electrons. The Morgan fingerprint density at radius 3 is 2.50 bits per heavy atom. The molecule has 5 nitrogen and oxygen atoms in total. The number of carbonyl (C=O) groups excluding carboxylic acids is 1. The van der Waals surface area contributed by atoms with Gasteiger partial charge in [-0.2, -0.15) is 0 Å². The molecule has 0 bridgehead atoms. The third-order valence-corrected chi connectivity index (χ3v) is 5.06. The van der Waals surface area contributed by atoms with Gasteiger partial charge in [0, 0.05) is 31.1 Å². The van der Waals surface area contributed by atoms with Gasteiger partial charge in [-0.15, -0.1) is 0 Å². The molecule has 0 aromatic heterocycles. The first kappa shape index (κ1) is 20.6. The second-order valence-electron chi connectivity index (χ2n) is 6.97. The number of ether oxygens (including phenoxy) is 1. The summed E-state index contributed by atoms with van der Waals surface area (Å²) in [6.07, 6.45) is 2.77. The van der Waals surface area contributed by atoms with Crippen LogP contribution >= 0.6 is 12.2 Å². The first-order chi connectivity index (χ1) is 12.5. The van der Waals surface area contributed by atoms with Crippen LogP contribution in [0.2, 0.25) is 0 Å². The topological polar surface area (TPSA) is 44.8 Å². The quantitative estimate of drug-likeness (QED) is 0.427. The number of hydrogen-bond acceptors (Lipinski definition) is 4. The number of nitrogens with zero attached hydrogens (tertiary/aromatic N) is 2. The summed E-state index contributed by atoms with van der Waals surface area (Å²) >= 11 is 5.49. The molecule has 1 aromatic rings. The molecule has 0 amide bonds. The molecule has 6 heteroatoms. The van der Waals surface area contributed by atoms with Gasteiger partial charge in [-0.1, -0.05) is 0 Å². The van der Waals surface area contributed by atoms with Crippen molar-refractivity contribution in [1.82, 2.24) is 15.1 Å². The molecule has 1 aliphatic heterocycles. The van der Waals surface area contributed by atoms with Crippen LogP contribution in [-0.4, -0.2) is 67.6 Å². The van der Waals surface area contributed by atoms with E-state index >= 15 is 0 Å². The van der Waals surface area contributed by atoms with Crippen LogP contribution in [0.15, 0.2) is 24.3 Å². The van der Waals surface area contributed by atoms with Crippen LogP contribution in [0.1, 0.15) is 36.5 Å². The van der Waals surface area contributed by atoms with Crippen molar-refractivity contribution < 1.29 is 9.53 Å². The van der Waals surface area contributed by atoms with Crippen molar-refractivity contribution in [2.45, 2.75) is 26.2 Å². The SMILES string of the molecule is CCOc1ccc(C(=O)C2CCN(C(=S)NCCCN(C)C)CC2)cc1. The summed E-state index contributed by atoms with van der Waals surface area (Å²) in [5.74, 6) is 1.13. The number of carbonyl (C=O) groups is 1. The van der Waals surface area contributed by atoms with E-state index in [9.17, 15) is 4.79 Å². The molecule has 1 fully saturated rings. The zero-order valence-electron chi connectivity index (χ0n) is 16.2. The molecule has 0 radical (unpaired) electrons. The van der Waals surface area contributed by atoms with E-state index in [-0.39, 0.29) is 11.7 Å². The monoisotopic (exact) mass is 377 g/mol. The molecule has 1 aliphatic rings. The number of piperidine rings is 1. The first-order valence-electron chi connectivity index (χ1n) is 9.45. The lowest BCUT2D eigenvalue weighted by molar-refractivity contribution is 0.0872. The van der Waals surface area contributed by atoms with E-state index in [0.29, 0.717) is 6.61 Å². The Morgan fingerprint density at radius 1 is 1.27 bits per heavy atom. The van der Waals surface area contributed by atoms with Crippen LogP contribution in [0, 0.1) is 5.92 Å². The molecular formula is C20H31N3O2S. The van der Waals surface area contributed by atoms with Gasteiger partial charge in [0.05, 0.1) is 6.61 Å². The standard InChI is InChI=1S/C20H31N3O2S/c1-4-25-18-8-6-16(7-9-18)19(24)17-10-14-23(15-11-17)20(26)21-12-5-13-22(2)3/h6-9,17H,4-5,10-15H2,1-3H3,(H,21,26). The van der Waals surface area contributed by atoms with E-state index < -0.39 is 0 Å². The normalized spacial score (nSPS) is 15.2. The molecule has 26 heavy (non-hydrogen) atoms. The number of nitrogens with one attached hydrogen (secondary N) is 1. The second-order valence-corrected chi connectivity index (χ2v) is 7.36. The summed E-state index contributed by atoms with van der Waals surface area (Å²) < 4.78 is 5.44. The van der Waals surface area contributed by atoms with Gasteiger partial charge >= 0.3 is 0 Å². The Hall–Kier alpha value is -1.66. The van der Waals surface area contributed by atoms with Crippen molar-refractivity contribution in [3.05, 3.63) is 29.8 Å². The van der Waals surface area contributed by atoms with E-state index in [0.717, 1.165) is 61.9 Å². The van der Waals surface area contributed by atoms with Gasteiger partial charge in [0.1, 0.15) is 5.75 Å². The van der Waals surface area contributed by atoms with Crippen LogP contribution in [0.25, 0.3) is 0 Å². The first-order valence-corrected chi connectivity index (χ1v) is 9.86. The van der Waals surface area contributed by atoms with E-state index in [1.165, 1.54) is 0 Å². The van der Waals surface area contributed by atoms with E-state index in [1.807, 2.05) is 31.2 Å². The van der Waals surface area contributed by atoms with Gasteiger partial charge in [-0.05, 0) is 83.3 Å². The van der Waals surface area contributed by atoms with Gasteiger partial charge in [0.15, 0.2) is 10.9 Å². The van der Waals surface area contributed by atoms with Crippen molar-refractivity contribution in [2.75, 3.05) is 46.9 Å². The average molecular weight is 378 g/mol. The van der Waals surface area contributed by atoms with Crippen LogP contribution in [0.3, 0.4) is 0 Å². The number of thiocarbonyl (C=S) groups is 1. The fourth-order valence-electron chi connectivity index (χ4n) is 3.16. The maximum absolute atomic E-state index is 12.7. The molecule has 0 aliphatic carbocycles. The molecule has 0 unspecified atom stereocenters. The number of benzene rings is 1. The summed E-state index contributed by atoms with van der Waals surface area (Å²) in [6.45, 7) is 6.21. The average Bonchev–Trinajstić information content (AvgIpc) is 2.65. The predicted octanol–water partition coefficient (Wildman–Crippen LogP) is 2.81. The number of likely N-dealkylation sites (tertiary alicyclic amines) is 1. The fourth-order valence-corrected chi connectivity index (χ4v) is 3.45. The number of rotatable bonds is 8. The predicted molar refractivity (Wildman–Crippen MR) is 110 cm³/mol. The van der Waals surface area contributed by atoms with Crippen LogP contribution < -0.4 is 10.1 Å². The molecule has 1 aromatic carbocycles. The van der Waals surface area contributed by atoms with Gasteiger partial charge in [-0.25, -0.2) is 0 Å². The van der Waals surface area contributed by atoms with E-state index in [2.05, 4.69) is 29.2 Å². The van der Waals surface area contributed by atoms with Gasteiger partial charge < -0.3 is 19.9 Å². The minimum Gasteiger partial charge on any atom is -0.494 e. The van der Waals surface area contributed by atoms with Crippen molar-refractivity contribution in [3.8, 4) is 5.75 Å². The zero-order valence-corrected chi connectivity index (χ0v) is 17.0. The van der Waals surface area contributed by atoms with Crippen molar-refractivity contribution in [2.24, 2.45) is 5.92 Å². The highest BCUT2D eigenvalue weighted by Gasteiger charge is 2.26. The third-order valence-electron chi connectivity index (χ3n) is 4.66. The minimum absolute atomic E-state index is 0.0840. The molecule has 1 heterocycles. The highest BCUT2D eigenvalue weighted by molar-refractivity contribution is 7.80. The summed E-state index contributed by atoms with van der Waals surface area (Å²) in [4.78, 5) is 17.1. The maximum atomic E-state index is 12.7. The van der Waals surface area contributed by atoms with Crippen molar-refractivity contribution in [1.29, 1.82) is 0 Å². The lowest BCUT2D eigenvalue weighted by Crippen LogP contribution is -2.45. The summed E-state index contributed by atoms with van der Waals surface area (Å²) in [6, 6.07) is 7.49. The Bertz CT molecular complexity index is 581. The highest BCUT2D eigenvalue weighted by Crippen LogP contribution is 2.23. The Balaban J connectivity index is 1.76.